The van der Waals surface area contributed by atoms with Gasteiger partial charge in [-0.3, -0.25) is 0 Å². The molecule has 48 heavy (non-hydrogen) atoms. The first-order valence-electron chi connectivity index (χ1n) is 16.4. The zero-order valence-corrected chi connectivity index (χ0v) is 30.4. The van der Waals surface area contributed by atoms with Crippen LogP contribution in [0.15, 0.2) is 85.1 Å². The number of hydrogen-bond donors (Lipinski definition) is 2. The largest absolute Gasteiger partial charge is 0.465 e. The minimum Gasteiger partial charge on any atom is -0.465 e. The Labute approximate surface area is 285 Å². The first-order valence-corrected chi connectivity index (χ1v) is 19.3. The fourth-order valence-electron chi connectivity index (χ4n) is 5.42. The minimum atomic E-state index is -2.33. The number of benzene rings is 3. The molecule has 1 heterocycles. The van der Waals surface area contributed by atoms with Crippen LogP contribution in [0.2, 0.25) is 18.1 Å². The highest BCUT2D eigenvalue weighted by molar-refractivity contribution is 6.74. The SMILES string of the molecule is CC(C)(C)[C@@H](NC[C@@H](CN(Cc1ccccc1)C(=O)O)O[Si](C)(C)C(C)(C)C)c1nc(-c2cc(F)ccc2F)cn1Cc1ccccc1. The average molecular weight is 677 g/mol. The van der Waals surface area contributed by atoms with Gasteiger partial charge in [0.25, 0.3) is 0 Å². The van der Waals surface area contributed by atoms with E-state index in [-0.39, 0.29) is 35.1 Å². The van der Waals surface area contributed by atoms with E-state index < -0.39 is 32.1 Å². The van der Waals surface area contributed by atoms with Gasteiger partial charge in [0, 0.05) is 31.4 Å². The molecule has 0 aliphatic heterocycles. The summed E-state index contributed by atoms with van der Waals surface area (Å²) in [5.41, 5.74) is 1.98. The first kappa shape index (κ1) is 37.0. The normalized spacial score (nSPS) is 13.7. The van der Waals surface area contributed by atoms with Crippen molar-refractivity contribution in [2.45, 2.75) is 84.9 Å². The van der Waals surface area contributed by atoms with Crippen molar-refractivity contribution in [3.05, 3.63) is 114 Å². The Balaban J connectivity index is 1.72. The number of rotatable bonds is 13. The quantitative estimate of drug-likeness (QED) is 0.138. The minimum absolute atomic E-state index is 0.0906. The van der Waals surface area contributed by atoms with Crippen molar-refractivity contribution in [2.24, 2.45) is 5.41 Å². The van der Waals surface area contributed by atoms with Crippen LogP contribution in [0.5, 0.6) is 0 Å². The molecule has 0 unspecified atom stereocenters. The molecule has 7 nitrogen and oxygen atoms in total. The van der Waals surface area contributed by atoms with Gasteiger partial charge in [0.05, 0.1) is 24.4 Å². The summed E-state index contributed by atoms with van der Waals surface area (Å²) in [7, 11) is -2.33. The Morgan fingerprint density at radius 2 is 1.56 bits per heavy atom. The van der Waals surface area contributed by atoms with Gasteiger partial charge in [-0.15, -0.1) is 0 Å². The number of nitrogens with one attached hydrogen (secondary N) is 1. The van der Waals surface area contributed by atoms with Gasteiger partial charge in [0.1, 0.15) is 17.5 Å². The predicted octanol–water partition coefficient (Wildman–Crippen LogP) is 9.12. The van der Waals surface area contributed by atoms with Crippen molar-refractivity contribution in [1.82, 2.24) is 19.8 Å². The van der Waals surface area contributed by atoms with Crippen molar-refractivity contribution in [3.63, 3.8) is 0 Å². The van der Waals surface area contributed by atoms with Gasteiger partial charge < -0.3 is 24.3 Å². The third-order valence-corrected chi connectivity index (χ3v) is 13.6. The molecule has 0 aliphatic carbocycles. The van der Waals surface area contributed by atoms with E-state index in [9.17, 15) is 14.3 Å². The molecule has 0 aliphatic rings. The summed E-state index contributed by atoms with van der Waals surface area (Å²) in [6.07, 6.45) is 0.291. The van der Waals surface area contributed by atoms with Crippen LogP contribution in [0, 0.1) is 17.0 Å². The van der Waals surface area contributed by atoms with Crippen LogP contribution in [-0.2, 0) is 17.5 Å². The molecule has 1 aromatic heterocycles. The molecule has 0 radical (unpaired) electrons. The number of amides is 1. The molecule has 0 fully saturated rings. The topological polar surface area (TPSA) is 79.6 Å². The summed E-state index contributed by atoms with van der Waals surface area (Å²) in [5, 5.41) is 13.8. The molecular formula is C38H50F2N4O3Si. The van der Waals surface area contributed by atoms with E-state index in [0.29, 0.717) is 24.6 Å². The van der Waals surface area contributed by atoms with E-state index in [0.717, 1.165) is 23.3 Å². The van der Waals surface area contributed by atoms with E-state index in [1.54, 1.807) is 6.20 Å². The molecule has 2 atom stereocenters. The number of carbonyl (C=O) groups is 1. The molecule has 4 rings (SSSR count). The van der Waals surface area contributed by atoms with Crippen LogP contribution in [0.1, 0.15) is 64.5 Å². The van der Waals surface area contributed by atoms with Gasteiger partial charge in [0.2, 0.25) is 0 Å². The maximum atomic E-state index is 15.0. The van der Waals surface area contributed by atoms with E-state index in [2.05, 4.69) is 60.0 Å². The Kier molecular flexibility index (Phi) is 11.7. The maximum Gasteiger partial charge on any atom is 0.407 e. The molecule has 1 amide bonds. The van der Waals surface area contributed by atoms with Crippen LogP contribution < -0.4 is 5.32 Å². The van der Waals surface area contributed by atoms with Crippen molar-refractivity contribution in [3.8, 4) is 11.3 Å². The van der Waals surface area contributed by atoms with Crippen LogP contribution in [0.25, 0.3) is 11.3 Å². The first-order chi connectivity index (χ1) is 22.4. The predicted molar refractivity (Wildman–Crippen MR) is 190 cm³/mol. The smallest absolute Gasteiger partial charge is 0.407 e. The molecule has 3 aromatic carbocycles. The molecule has 0 spiro atoms. The van der Waals surface area contributed by atoms with E-state index in [4.69, 9.17) is 9.41 Å². The molecule has 4 aromatic rings. The number of imidazole rings is 1. The second kappa shape index (κ2) is 15.1. The lowest BCUT2D eigenvalue weighted by Gasteiger charge is -2.41. The Hall–Kier alpha value is -3.86. The summed E-state index contributed by atoms with van der Waals surface area (Å²) in [6, 6.07) is 22.5. The number of halogens is 2. The van der Waals surface area contributed by atoms with E-state index in [1.165, 1.54) is 11.0 Å². The summed E-state index contributed by atoms with van der Waals surface area (Å²) in [5.74, 6) is -0.432. The monoisotopic (exact) mass is 676 g/mol. The van der Waals surface area contributed by atoms with Gasteiger partial charge in [-0.1, -0.05) is 102 Å². The Morgan fingerprint density at radius 3 is 2.12 bits per heavy atom. The van der Waals surface area contributed by atoms with Crippen LogP contribution in [0.4, 0.5) is 13.6 Å². The van der Waals surface area contributed by atoms with Gasteiger partial charge in [-0.25, -0.2) is 18.6 Å². The van der Waals surface area contributed by atoms with E-state index >= 15 is 4.39 Å². The third-order valence-electron chi connectivity index (χ3n) is 9.06. The molecule has 10 heteroatoms. The van der Waals surface area contributed by atoms with Crippen LogP contribution in [-0.4, -0.2) is 53.2 Å². The Morgan fingerprint density at radius 1 is 0.958 bits per heavy atom. The van der Waals surface area contributed by atoms with E-state index in [1.807, 2.05) is 65.2 Å². The molecule has 0 saturated carbocycles. The number of nitrogens with zero attached hydrogens (tertiary/aromatic N) is 3. The molecule has 258 valence electrons. The zero-order chi connectivity index (χ0) is 35.3. The third kappa shape index (κ3) is 9.61. The lowest BCUT2D eigenvalue weighted by atomic mass is 9.86. The summed E-state index contributed by atoms with van der Waals surface area (Å²) in [6.45, 7) is 18.3. The number of carboxylic acid groups (broad SMARTS) is 1. The highest BCUT2D eigenvalue weighted by Gasteiger charge is 2.40. The second-order valence-electron chi connectivity index (χ2n) is 15.1. The number of aromatic nitrogens is 2. The molecule has 0 bridgehead atoms. The lowest BCUT2D eigenvalue weighted by Crippen LogP contribution is -2.51. The van der Waals surface area contributed by atoms with Crippen LogP contribution in [0.3, 0.4) is 0 Å². The van der Waals surface area contributed by atoms with Gasteiger partial charge in [0.15, 0.2) is 8.32 Å². The standard InChI is InChI=1S/C38H50F2N4O3Si/c1-37(2,3)34(35-42-33(31-21-29(39)19-20-32(31)40)26-43(35)23-27-15-11-9-12-16-27)41-22-30(47-48(7,8)38(4,5)6)25-44(36(45)46)24-28-17-13-10-14-18-28/h9-21,26,30,34,41H,22-25H2,1-8H3,(H,45,46)/t30-,34-/m0/s1. The van der Waals surface area contributed by atoms with Crippen LogP contribution >= 0.6 is 0 Å². The van der Waals surface area contributed by atoms with Crippen molar-refractivity contribution in [2.75, 3.05) is 13.1 Å². The summed E-state index contributed by atoms with van der Waals surface area (Å²) >= 11 is 0. The second-order valence-corrected chi connectivity index (χ2v) is 19.8. The zero-order valence-electron chi connectivity index (χ0n) is 29.4. The maximum absolute atomic E-state index is 15.0. The van der Waals surface area contributed by atoms with Gasteiger partial charge >= 0.3 is 6.09 Å². The fourth-order valence-corrected chi connectivity index (χ4v) is 6.77. The Bertz CT molecular complexity index is 1650. The van der Waals surface area contributed by atoms with Gasteiger partial charge in [-0.2, -0.15) is 0 Å². The molecule has 2 N–H and O–H groups in total. The van der Waals surface area contributed by atoms with Crippen molar-refractivity contribution < 1.29 is 23.1 Å². The summed E-state index contributed by atoms with van der Waals surface area (Å²) < 4.78 is 38.2. The highest BCUT2D eigenvalue weighted by Crippen LogP contribution is 2.38. The summed E-state index contributed by atoms with van der Waals surface area (Å²) in [4.78, 5) is 18.9. The molecule has 0 saturated heterocycles. The van der Waals surface area contributed by atoms with Gasteiger partial charge in [-0.05, 0) is 52.9 Å². The van der Waals surface area contributed by atoms with Crippen molar-refractivity contribution in [1.29, 1.82) is 0 Å². The molecular weight excluding hydrogens is 627 g/mol. The van der Waals surface area contributed by atoms with Crippen molar-refractivity contribution >= 4 is 14.4 Å². The lowest BCUT2D eigenvalue weighted by molar-refractivity contribution is 0.0918. The average Bonchev–Trinajstić information content (AvgIpc) is 3.40. The fraction of sp³-hybridized carbons (Fsp3) is 0.421. The highest BCUT2D eigenvalue weighted by atomic mass is 28.4. The number of hydrogen-bond acceptors (Lipinski definition) is 4.